The molecule has 1 aliphatic carbocycles. The molecule has 0 unspecified atom stereocenters. The number of nitrogens with zero attached hydrogens (tertiary/aromatic N) is 1. The van der Waals surface area contributed by atoms with E-state index in [0.29, 0.717) is 13.0 Å². The van der Waals surface area contributed by atoms with Crippen molar-refractivity contribution in [3.8, 4) is 5.75 Å². The van der Waals surface area contributed by atoms with Crippen molar-refractivity contribution in [2.24, 2.45) is 0 Å². The van der Waals surface area contributed by atoms with Gasteiger partial charge >= 0.3 is 0 Å². The first-order valence-electron chi connectivity index (χ1n) is 13.7. The van der Waals surface area contributed by atoms with Crippen LogP contribution in [-0.4, -0.2) is 13.0 Å². The second-order valence-electron chi connectivity index (χ2n) is 9.13. The summed E-state index contributed by atoms with van der Waals surface area (Å²) < 4.78 is 5.28. The SMILES string of the molecule is CC.COc1ccc(CN(C(=O)C2=CC=C(Nc3ccc(/C=C\c4ccccc4)cc3)C2)c2ccccc2)cc1. The fourth-order valence-electron chi connectivity index (χ4n) is 4.35. The van der Waals surface area contributed by atoms with E-state index in [1.807, 2.05) is 104 Å². The molecule has 4 nitrogen and oxygen atoms in total. The number of amides is 1. The van der Waals surface area contributed by atoms with Crippen molar-refractivity contribution in [3.63, 3.8) is 0 Å². The van der Waals surface area contributed by atoms with E-state index in [4.69, 9.17) is 4.74 Å². The molecule has 0 spiro atoms. The van der Waals surface area contributed by atoms with Crippen LogP contribution in [-0.2, 0) is 11.3 Å². The van der Waals surface area contributed by atoms with Crippen LogP contribution < -0.4 is 15.0 Å². The topological polar surface area (TPSA) is 41.6 Å². The molecule has 0 radical (unpaired) electrons. The summed E-state index contributed by atoms with van der Waals surface area (Å²) in [6.45, 7) is 4.48. The quantitative estimate of drug-likeness (QED) is 0.221. The Morgan fingerprint density at radius 1 is 0.775 bits per heavy atom. The van der Waals surface area contributed by atoms with Crippen LogP contribution in [0.3, 0.4) is 0 Å². The first-order valence-corrected chi connectivity index (χ1v) is 13.7. The first-order chi connectivity index (χ1) is 19.7. The van der Waals surface area contributed by atoms with Crippen molar-refractivity contribution >= 4 is 29.4 Å². The first kappa shape index (κ1) is 28.2. The number of hydrogen-bond donors (Lipinski definition) is 1. The Morgan fingerprint density at radius 2 is 1.38 bits per heavy atom. The highest BCUT2D eigenvalue weighted by atomic mass is 16.5. The van der Waals surface area contributed by atoms with Crippen molar-refractivity contribution in [2.45, 2.75) is 26.8 Å². The normalized spacial score (nSPS) is 12.2. The van der Waals surface area contributed by atoms with Crippen LogP contribution in [0.1, 0.15) is 37.0 Å². The van der Waals surface area contributed by atoms with E-state index in [2.05, 4.69) is 53.9 Å². The maximum atomic E-state index is 13.7. The van der Waals surface area contributed by atoms with Gasteiger partial charge in [0.15, 0.2) is 0 Å². The van der Waals surface area contributed by atoms with E-state index < -0.39 is 0 Å². The summed E-state index contributed by atoms with van der Waals surface area (Å²) in [4.78, 5) is 15.5. The summed E-state index contributed by atoms with van der Waals surface area (Å²) >= 11 is 0. The second kappa shape index (κ2) is 14.4. The maximum Gasteiger partial charge on any atom is 0.254 e. The highest BCUT2D eigenvalue weighted by Gasteiger charge is 2.23. The van der Waals surface area contributed by atoms with E-state index in [1.165, 1.54) is 5.56 Å². The minimum atomic E-state index is 0.00136. The van der Waals surface area contributed by atoms with E-state index in [0.717, 1.165) is 39.5 Å². The van der Waals surface area contributed by atoms with Gasteiger partial charge in [0.2, 0.25) is 0 Å². The van der Waals surface area contributed by atoms with E-state index in [1.54, 1.807) is 7.11 Å². The van der Waals surface area contributed by atoms with Gasteiger partial charge in [-0.05, 0) is 59.2 Å². The number of allylic oxidation sites excluding steroid dienone is 3. The summed E-state index contributed by atoms with van der Waals surface area (Å²) in [5.74, 6) is 0.798. The number of rotatable bonds is 9. The lowest BCUT2D eigenvalue weighted by Gasteiger charge is -2.24. The molecule has 1 aliphatic rings. The van der Waals surface area contributed by atoms with Crippen LogP contribution in [0.2, 0.25) is 0 Å². The smallest absolute Gasteiger partial charge is 0.254 e. The molecule has 202 valence electrons. The molecule has 40 heavy (non-hydrogen) atoms. The van der Waals surface area contributed by atoms with E-state index in [9.17, 15) is 4.79 Å². The van der Waals surface area contributed by atoms with Gasteiger partial charge in [0.1, 0.15) is 5.75 Å². The third-order valence-electron chi connectivity index (χ3n) is 6.44. The summed E-state index contributed by atoms with van der Waals surface area (Å²) in [6.07, 6.45) is 8.68. The molecule has 0 fully saturated rings. The minimum absolute atomic E-state index is 0.00136. The Morgan fingerprint density at radius 3 is 2.00 bits per heavy atom. The predicted molar refractivity (Wildman–Crippen MR) is 168 cm³/mol. The number of hydrogen-bond acceptors (Lipinski definition) is 3. The average Bonchev–Trinajstić information content (AvgIpc) is 3.50. The molecule has 1 N–H and O–H groups in total. The molecule has 1 amide bonds. The predicted octanol–water partition coefficient (Wildman–Crippen LogP) is 8.75. The number of carbonyl (C=O) groups is 1. The number of ether oxygens (including phenoxy) is 1. The number of anilines is 2. The van der Waals surface area contributed by atoms with Crippen molar-refractivity contribution in [1.29, 1.82) is 0 Å². The number of benzene rings is 4. The van der Waals surface area contributed by atoms with Crippen LogP contribution in [0.25, 0.3) is 12.2 Å². The average molecular weight is 529 g/mol. The van der Waals surface area contributed by atoms with Crippen LogP contribution in [0, 0.1) is 0 Å². The molecule has 0 saturated carbocycles. The summed E-state index contributed by atoms with van der Waals surface area (Å²) in [5.41, 5.74) is 6.96. The van der Waals surface area contributed by atoms with Crippen LogP contribution in [0.4, 0.5) is 11.4 Å². The lowest BCUT2D eigenvalue weighted by atomic mass is 10.1. The van der Waals surface area contributed by atoms with Gasteiger partial charge in [0, 0.05) is 29.1 Å². The lowest BCUT2D eigenvalue weighted by molar-refractivity contribution is -0.115. The Labute approximate surface area is 237 Å². The van der Waals surface area contributed by atoms with E-state index in [-0.39, 0.29) is 5.91 Å². The highest BCUT2D eigenvalue weighted by molar-refractivity contribution is 6.06. The van der Waals surface area contributed by atoms with E-state index >= 15 is 0 Å². The highest BCUT2D eigenvalue weighted by Crippen LogP contribution is 2.27. The zero-order valence-electron chi connectivity index (χ0n) is 23.4. The molecule has 0 heterocycles. The largest absolute Gasteiger partial charge is 0.497 e. The molecule has 5 rings (SSSR count). The Hall–Kier alpha value is -4.83. The molecule has 0 aromatic heterocycles. The molecule has 4 aromatic carbocycles. The molecule has 0 saturated heterocycles. The standard InChI is InChI=1S/C34H30N2O2.C2H6/c1-38-33-22-16-28(17-23-33)25-36(32-10-6-3-7-11-32)34(37)29-18-21-31(24-29)35-30-19-14-27(15-20-30)13-12-26-8-4-2-5-9-26;1-2/h2-23,35H,24-25H2,1H3;1-2H3/b13-12-;. The molecule has 0 atom stereocenters. The number of nitrogens with one attached hydrogen (secondary N) is 1. The van der Waals surface area contributed by atoms with Gasteiger partial charge in [-0.2, -0.15) is 0 Å². The fourth-order valence-corrected chi connectivity index (χ4v) is 4.35. The van der Waals surface area contributed by atoms with Gasteiger partial charge in [0.25, 0.3) is 5.91 Å². The molecule has 4 heteroatoms. The Kier molecular flexibility index (Phi) is 10.1. The van der Waals surface area contributed by atoms with Gasteiger partial charge in [-0.1, -0.05) is 105 Å². The molecule has 0 aliphatic heterocycles. The number of methoxy groups -OCH3 is 1. The summed E-state index contributed by atoms with van der Waals surface area (Å²) in [5, 5.41) is 3.47. The van der Waals surface area contributed by atoms with Crippen LogP contribution in [0.15, 0.2) is 133 Å². The van der Waals surface area contributed by atoms with Crippen molar-refractivity contribution in [1.82, 2.24) is 0 Å². The van der Waals surface area contributed by atoms with Gasteiger partial charge in [-0.3, -0.25) is 4.79 Å². The van der Waals surface area contributed by atoms with Gasteiger partial charge < -0.3 is 15.0 Å². The lowest BCUT2D eigenvalue weighted by Crippen LogP contribution is -2.31. The van der Waals surface area contributed by atoms with Crippen LogP contribution in [0.5, 0.6) is 5.75 Å². The third-order valence-corrected chi connectivity index (χ3v) is 6.44. The second-order valence-corrected chi connectivity index (χ2v) is 9.13. The number of carbonyl (C=O) groups excluding carboxylic acids is 1. The zero-order chi connectivity index (χ0) is 28.2. The molecular weight excluding hydrogens is 492 g/mol. The molecule has 4 aromatic rings. The Bertz CT molecular complexity index is 1450. The van der Waals surface area contributed by atoms with Crippen molar-refractivity contribution in [3.05, 3.63) is 149 Å². The van der Waals surface area contributed by atoms with Gasteiger partial charge in [-0.15, -0.1) is 0 Å². The van der Waals surface area contributed by atoms with Gasteiger partial charge in [0.05, 0.1) is 13.7 Å². The molecular formula is C36H36N2O2. The summed E-state index contributed by atoms with van der Waals surface area (Å²) in [7, 11) is 1.65. The summed E-state index contributed by atoms with van der Waals surface area (Å²) in [6, 6.07) is 36.2. The van der Waals surface area contributed by atoms with Crippen LogP contribution >= 0.6 is 0 Å². The molecule has 0 bridgehead atoms. The van der Waals surface area contributed by atoms with Gasteiger partial charge in [-0.25, -0.2) is 0 Å². The minimum Gasteiger partial charge on any atom is -0.497 e. The maximum absolute atomic E-state index is 13.7. The third kappa shape index (κ3) is 7.61. The fraction of sp³-hybridized carbons (Fsp3) is 0.139. The Balaban J connectivity index is 0.00000181. The van der Waals surface area contributed by atoms with Crippen molar-refractivity contribution in [2.75, 3.05) is 17.3 Å². The van der Waals surface area contributed by atoms with Crippen molar-refractivity contribution < 1.29 is 9.53 Å². The number of para-hydroxylation sites is 1. The zero-order valence-corrected chi connectivity index (χ0v) is 23.4. The monoisotopic (exact) mass is 528 g/mol.